The van der Waals surface area contributed by atoms with E-state index in [1.54, 1.807) is 6.20 Å². The Morgan fingerprint density at radius 2 is 1.94 bits per heavy atom. The van der Waals surface area contributed by atoms with Crippen molar-refractivity contribution in [3.8, 4) is 22.9 Å². The third kappa shape index (κ3) is 1.99. The first-order valence-electron chi connectivity index (χ1n) is 5.63. The van der Waals surface area contributed by atoms with Crippen LogP contribution in [0.4, 0.5) is 0 Å². The minimum absolute atomic E-state index is 0.467. The predicted octanol–water partition coefficient (Wildman–Crippen LogP) is 2.88. The maximum absolute atomic E-state index is 6.00. The number of rotatable bonds is 1. The fourth-order valence-electron chi connectivity index (χ4n) is 1.74. The molecule has 0 N–H and O–H groups in total. The van der Waals surface area contributed by atoms with Gasteiger partial charge in [0.2, 0.25) is 0 Å². The van der Waals surface area contributed by atoms with Gasteiger partial charge in [0.15, 0.2) is 17.3 Å². The number of benzene rings is 1. The molecule has 0 atom stereocenters. The van der Waals surface area contributed by atoms with Crippen LogP contribution in [0.15, 0.2) is 24.4 Å². The van der Waals surface area contributed by atoms with Gasteiger partial charge in [0.25, 0.3) is 0 Å². The van der Waals surface area contributed by atoms with E-state index in [-0.39, 0.29) is 0 Å². The van der Waals surface area contributed by atoms with Gasteiger partial charge < -0.3 is 9.47 Å². The minimum atomic E-state index is 0.467. The van der Waals surface area contributed by atoms with Gasteiger partial charge in [0, 0.05) is 17.3 Å². The Morgan fingerprint density at radius 3 is 2.72 bits per heavy atom. The van der Waals surface area contributed by atoms with Crippen molar-refractivity contribution in [3.63, 3.8) is 0 Å². The van der Waals surface area contributed by atoms with Crippen LogP contribution in [0.1, 0.15) is 5.56 Å². The normalized spacial score (nSPS) is 13.4. The second-order valence-corrected chi connectivity index (χ2v) is 4.38. The second kappa shape index (κ2) is 4.46. The molecule has 1 aliphatic heterocycles. The van der Waals surface area contributed by atoms with Gasteiger partial charge in [-0.15, -0.1) is 0 Å². The van der Waals surface area contributed by atoms with Crippen molar-refractivity contribution in [2.75, 3.05) is 13.2 Å². The lowest BCUT2D eigenvalue weighted by Gasteiger charge is -2.18. The molecule has 0 aliphatic carbocycles. The van der Waals surface area contributed by atoms with Crippen molar-refractivity contribution in [2.24, 2.45) is 0 Å². The van der Waals surface area contributed by atoms with Crippen LogP contribution >= 0.6 is 11.6 Å². The molecule has 0 amide bonds. The number of hydrogen-bond donors (Lipinski definition) is 0. The molecular formula is C13H11ClN2O2. The number of aromatic nitrogens is 2. The van der Waals surface area contributed by atoms with Crippen molar-refractivity contribution in [2.45, 2.75) is 6.92 Å². The molecule has 92 valence electrons. The Hall–Kier alpha value is -1.81. The van der Waals surface area contributed by atoms with Crippen LogP contribution in [0.5, 0.6) is 11.5 Å². The third-order valence-corrected chi connectivity index (χ3v) is 3.09. The molecule has 0 spiro atoms. The lowest BCUT2D eigenvalue weighted by Crippen LogP contribution is -2.15. The molecule has 18 heavy (non-hydrogen) atoms. The molecule has 0 radical (unpaired) electrons. The van der Waals surface area contributed by atoms with E-state index in [4.69, 9.17) is 21.1 Å². The summed E-state index contributed by atoms with van der Waals surface area (Å²) in [6.07, 6.45) is 1.71. The van der Waals surface area contributed by atoms with Crippen LogP contribution in [-0.4, -0.2) is 23.2 Å². The lowest BCUT2D eigenvalue weighted by molar-refractivity contribution is 0.171. The van der Waals surface area contributed by atoms with Crippen molar-refractivity contribution in [1.82, 2.24) is 9.97 Å². The minimum Gasteiger partial charge on any atom is -0.486 e. The highest BCUT2D eigenvalue weighted by molar-refractivity contribution is 6.30. The van der Waals surface area contributed by atoms with Gasteiger partial charge in [-0.25, -0.2) is 9.97 Å². The molecule has 2 heterocycles. The predicted molar refractivity (Wildman–Crippen MR) is 68.2 cm³/mol. The molecule has 2 aromatic rings. The molecule has 0 unspecified atom stereocenters. The fourth-order valence-corrected chi connectivity index (χ4v) is 1.87. The third-order valence-electron chi connectivity index (χ3n) is 2.71. The summed E-state index contributed by atoms with van der Waals surface area (Å²) < 4.78 is 11.0. The first-order chi connectivity index (χ1) is 8.74. The number of hydrogen-bond acceptors (Lipinski definition) is 4. The Kier molecular flexibility index (Phi) is 2.80. The Balaban J connectivity index is 2.03. The molecule has 0 fully saturated rings. The smallest absolute Gasteiger partial charge is 0.162 e. The maximum atomic E-state index is 6.00. The first kappa shape index (κ1) is 11.3. The summed E-state index contributed by atoms with van der Waals surface area (Å²) in [5.41, 5.74) is 1.72. The van der Waals surface area contributed by atoms with Crippen LogP contribution < -0.4 is 9.47 Å². The first-order valence-corrected chi connectivity index (χ1v) is 6.01. The summed E-state index contributed by atoms with van der Waals surface area (Å²) in [7, 11) is 0. The topological polar surface area (TPSA) is 44.2 Å². The van der Waals surface area contributed by atoms with Crippen LogP contribution in [0.3, 0.4) is 0 Å². The molecule has 0 bridgehead atoms. The standard InChI is InChI=1S/C13H11ClN2O2/c1-8-7-15-13(16-12(8)14)9-2-3-10-11(6-9)18-5-4-17-10/h2-3,6-7H,4-5H2,1H3. The van der Waals surface area contributed by atoms with E-state index in [0.717, 1.165) is 22.6 Å². The van der Waals surface area contributed by atoms with Crippen LogP contribution in [0.25, 0.3) is 11.4 Å². The Bertz CT molecular complexity index is 602. The summed E-state index contributed by atoms with van der Waals surface area (Å²) in [4.78, 5) is 8.52. The number of aryl methyl sites for hydroxylation is 1. The highest BCUT2D eigenvalue weighted by Crippen LogP contribution is 2.33. The monoisotopic (exact) mass is 262 g/mol. The summed E-state index contributed by atoms with van der Waals surface area (Å²) in [6.45, 7) is 3.01. The van der Waals surface area contributed by atoms with Crippen molar-refractivity contribution in [3.05, 3.63) is 35.1 Å². The molecule has 4 nitrogen and oxygen atoms in total. The summed E-state index contributed by atoms with van der Waals surface area (Å²) >= 11 is 6.00. The summed E-state index contributed by atoms with van der Waals surface area (Å²) in [5.74, 6) is 2.06. The van der Waals surface area contributed by atoms with Crippen molar-refractivity contribution in [1.29, 1.82) is 0 Å². The van der Waals surface area contributed by atoms with Gasteiger partial charge in [-0.2, -0.15) is 0 Å². The van der Waals surface area contributed by atoms with E-state index in [1.165, 1.54) is 0 Å². The molecule has 3 rings (SSSR count). The number of fused-ring (bicyclic) bond motifs is 1. The van der Waals surface area contributed by atoms with E-state index in [0.29, 0.717) is 24.2 Å². The largest absolute Gasteiger partial charge is 0.486 e. The molecule has 1 aliphatic rings. The molecular weight excluding hydrogens is 252 g/mol. The summed E-state index contributed by atoms with van der Waals surface area (Å²) in [6, 6.07) is 5.63. The Morgan fingerprint density at radius 1 is 1.17 bits per heavy atom. The van der Waals surface area contributed by atoms with Crippen molar-refractivity contribution >= 4 is 11.6 Å². The van der Waals surface area contributed by atoms with E-state index in [1.807, 2.05) is 25.1 Å². The van der Waals surface area contributed by atoms with Gasteiger partial charge in [0.1, 0.15) is 18.4 Å². The van der Waals surface area contributed by atoms with Gasteiger partial charge in [-0.05, 0) is 25.1 Å². The SMILES string of the molecule is Cc1cnc(-c2ccc3c(c2)OCCO3)nc1Cl. The quantitative estimate of drug-likeness (QED) is 0.742. The highest BCUT2D eigenvalue weighted by Gasteiger charge is 2.13. The molecule has 0 saturated heterocycles. The molecule has 1 aromatic carbocycles. The zero-order chi connectivity index (χ0) is 12.5. The second-order valence-electron chi connectivity index (χ2n) is 4.03. The van der Waals surface area contributed by atoms with Crippen LogP contribution in [-0.2, 0) is 0 Å². The zero-order valence-electron chi connectivity index (χ0n) is 9.81. The van der Waals surface area contributed by atoms with Crippen molar-refractivity contribution < 1.29 is 9.47 Å². The fraction of sp³-hybridized carbons (Fsp3) is 0.231. The van der Waals surface area contributed by atoms with Gasteiger partial charge in [-0.1, -0.05) is 11.6 Å². The number of ether oxygens (including phenoxy) is 2. The molecule has 5 heteroatoms. The maximum Gasteiger partial charge on any atom is 0.162 e. The molecule has 1 aromatic heterocycles. The Labute approximate surface area is 110 Å². The van der Waals surface area contributed by atoms with Crippen LogP contribution in [0.2, 0.25) is 5.15 Å². The number of nitrogens with zero attached hydrogens (tertiary/aromatic N) is 2. The van der Waals surface area contributed by atoms with Gasteiger partial charge >= 0.3 is 0 Å². The molecule has 0 saturated carbocycles. The van der Waals surface area contributed by atoms with E-state index < -0.39 is 0 Å². The van der Waals surface area contributed by atoms with Gasteiger partial charge in [-0.3, -0.25) is 0 Å². The summed E-state index contributed by atoms with van der Waals surface area (Å²) in [5, 5.41) is 0.467. The number of halogens is 1. The van der Waals surface area contributed by atoms with E-state index >= 15 is 0 Å². The average molecular weight is 263 g/mol. The van der Waals surface area contributed by atoms with E-state index in [2.05, 4.69) is 9.97 Å². The lowest BCUT2D eigenvalue weighted by atomic mass is 10.2. The highest BCUT2D eigenvalue weighted by atomic mass is 35.5. The van der Waals surface area contributed by atoms with Gasteiger partial charge in [0.05, 0.1) is 0 Å². The van der Waals surface area contributed by atoms with Crippen LogP contribution in [0, 0.1) is 6.92 Å². The average Bonchev–Trinajstić information content (AvgIpc) is 2.41. The zero-order valence-corrected chi connectivity index (χ0v) is 10.6. The van der Waals surface area contributed by atoms with E-state index in [9.17, 15) is 0 Å².